The van der Waals surface area contributed by atoms with Gasteiger partial charge in [0.15, 0.2) is 0 Å². The topological polar surface area (TPSA) is 99.5 Å². The molecular weight excluding hydrogens is 359 g/mol. The lowest BCUT2D eigenvalue weighted by atomic mass is 10.2. The van der Waals surface area contributed by atoms with Gasteiger partial charge in [0.1, 0.15) is 27.0 Å². The number of carboxylic acid groups (broad SMARTS) is 1. The van der Waals surface area contributed by atoms with Crippen LogP contribution in [0.2, 0.25) is 0 Å². The van der Waals surface area contributed by atoms with Crippen LogP contribution in [0.1, 0.15) is 25.7 Å². The number of nitrogens with zero attached hydrogens (tertiary/aromatic N) is 1. The highest BCUT2D eigenvalue weighted by atomic mass is 32.1. The molecule has 8 heteroatoms. The van der Waals surface area contributed by atoms with Crippen molar-refractivity contribution in [3.05, 3.63) is 64.4 Å². The van der Waals surface area contributed by atoms with Crippen LogP contribution < -0.4 is 5.32 Å². The van der Waals surface area contributed by atoms with Gasteiger partial charge in [-0.3, -0.25) is 4.79 Å². The molecule has 26 heavy (non-hydrogen) atoms. The number of benzene rings is 2. The van der Waals surface area contributed by atoms with Gasteiger partial charge in [0.05, 0.1) is 5.69 Å². The van der Waals surface area contributed by atoms with Crippen LogP contribution in [0.5, 0.6) is 5.75 Å². The predicted octanol–water partition coefficient (Wildman–Crippen LogP) is 3.91. The van der Waals surface area contributed by atoms with Crippen LogP contribution in [0.25, 0.3) is 10.6 Å². The van der Waals surface area contributed by atoms with Gasteiger partial charge in [-0.2, -0.15) is 0 Å². The number of phenols is 1. The quantitative estimate of drug-likeness (QED) is 0.645. The summed E-state index contributed by atoms with van der Waals surface area (Å²) in [5.74, 6) is -2.49. The van der Waals surface area contributed by atoms with Crippen molar-refractivity contribution in [1.82, 2.24) is 4.98 Å². The summed E-state index contributed by atoms with van der Waals surface area (Å²) in [5, 5.41) is 21.8. The minimum atomic E-state index is -1.26. The number of rotatable bonds is 4. The molecule has 0 saturated carbocycles. The van der Waals surface area contributed by atoms with Gasteiger partial charge in [-0.05, 0) is 43.3 Å². The van der Waals surface area contributed by atoms with E-state index < -0.39 is 17.6 Å². The molecule has 0 bridgehead atoms. The van der Waals surface area contributed by atoms with Crippen molar-refractivity contribution >= 4 is 28.9 Å². The fourth-order valence-electron chi connectivity index (χ4n) is 2.30. The van der Waals surface area contributed by atoms with E-state index in [9.17, 15) is 19.1 Å². The fourth-order valence-corrected chi connectivity index (χ4v) is 3.27. The van der Waals surface area contributed by atoms with Gasteiger partial charge in [0.25, 0.3) is 5.91 Å². The molecule has 0 unspecified atom stereocenters. The van der Waals surface area contributed by atoms with E-state index in [0.717, 1.165) is 11.3 Å². The van der Waals surface area contributed by atoms with Crippen LogP contribution in [-0.4, -0.2) is 27.1 Å². The van der Waals surface area contributed by atoms with E-state index in [4.69, 9.17) is 5.11 Å². The van der Waals surface area contributed by atoms with Crippen molar-refractivity contribution in [2.45, 2.75) is 6.92 Å². The monoisotopic (exact) mass is 372 g/mol. The van der Waals surface area contributed by atoms with E-state index >= 15 is 0 Å². The molecule has 132 valence electrons. The summed E-state index contributed by atoms with van der Waals surface area (Å²) in [6.07, 6.45) is 0. The number of aryl methyl sites for hydroxylation is 1. The molecule has 2 aromatic carbocycles. The van der Waals surface area contributed by atoms with E-state index in [1.807, 2.05) is 0 Å². The van der Waals surface area contributed by atoms with Gasteiger partial charge in [0, 0.05) is 17.3 Å². The lowest BCUT2D eigenvalue weighted by molar-refractivity contribution is 0.0693. The Bertz CT molecular complexity index is 999. The average Bonchev–Trinajstić information content (AvgIpc) is 2.97. The molecule has 3 N–H and O–H groups in total. The second-order valence-corrected chi connectivity index (χ2v) is 6.43. The Morgan fingerprint density at radius 3 is 2.46 bits per heavy atom. The number of nitrogens with one attached hydrogen (secondary N) is 1. The van der Waals surface area contributed by atoms with Gasteiger partial charge in [0.2, 0.25) is 0 Å². The number of thiazole rings is 1. The van der Waals surface area contributed by atoms with Crippen molar-refractivity contribution in [3.63, 3.8) is 0 Å². The molecule has 0 atom stereocenters. The number of hydrogen-bond donors (Lipinski definition) is 3. The van der Waals surface area contributed by atoms with Crippen molar-refractivity contribution in [2.24, 2.45) is 0 Å². The lowest BCUT2D eigenvalue weighted by Crippen LogP contribution is -2.11. The van der Waals surface area contributed by atoms with E-state index in [1.54, 1.807) is 19.1 Å². The van der Waals surface area contributed by atoms with Crippen molar-refractivity contribution < 1.29 is 24.2 Å². The zero-order chi connectivity index (χ0) is 18.8. The molecule has 3 rings (SSSR count). The predicted molar refractivity (Wildman–Crippen MR) is 95.3 cm³/mol. The summed E-state index contributed by atoms with van der Waals surface area (Å²) in [6, 6.07) is 9.56. The molecule has 0 aliphatic heterocycles. The molecule has 6 nitrogen and oxygen atoms in total. The van der Waals surface area contributed by atoms with Crippen molar-refractivity contribution in [3.8, 4) is 16.3 Å². The zero-order valence-corrected chi connectivity index (χ0v) is 14.3. The number of halogens is 1. The van der Waals surface area contributed by atoms with Crippen LogP contribution in [-0.2, 0) is 0 Å². The molecule has 1 amide bonds. The van der Waals surface area contributed by atoms with E-state index in [2.05, 4.69) is 10.3 Å². The Kier molecular flexibility index (Phi) is 4.68. The van der Waals surface area contributed by atoms with Crippen molar-refractivity contribution in [2.75, 3.05) is 5.32 Å². The van der Waals surface area contributed by atoms with Gasteiger partial charge >= 0.3 is 5.97 Å². The number of hydrogen-bond acceptors (Lipinski definition) is 5. The molecule has 1 aromatic heterocycles. The highest BCUT2D eigenvalue weighted by molar-refractivity contribution is 7.17. The minimum Gasteiger partial charge on any atom is -0.507 e. The number of amides is 1. The number of carboxylic acids is 1. The number of anilines is 1. The minimum absolute atomic E-state index is 0.254. The number of carbonyl (C=O) groups is 2. The summed E-state index contributed by atoms with van der Waals surface area (Å²) < 4.78 is 13.0. The van der Waals surface area contributed by atoms with Crippen LogP contribution in [0.15, 0.2) is 42.5 Å². The first-order valence-corrected chi connectivity index (χ1v) is 8.28. The van der Waals surface area contributed by atoms with Gasteiger partial charge < -0.3 is 15.5 Å². The summed E-state index contributed by atoms with van der Waals surface area (Å²) in [5.41, 5.74) is 1.21. The van der Waals surface area contributed by atoms with Crippen LogP contribution in [0.3, 0.4) is 0 Å². The van der Waals surface area contributed by atoms with Crippen LogP contribution in [0.4, 0.5) is 10.1 Å². The second-order valence-electron chi connectivity index (χ2n) is 5.43. The van der Waals surface area contributed by atoms with Gasteiger partial charge in [-0.15, -0.1) is 11.3 Å². The van der Waals surface area contributed by atoms with Crippen LogP contribution >= 0.6 is 11.3 Å². The van der Waals surface area contributed by atoms with E-state index in [0.29, 0.717) is 21.1 Å². The maximum atomic E-state index is 13.0. The maximum Gasteiger partial charge on any atom is 0.339 e. The molecule has 0 saturated heterocycles. The third kappa shape index (κ3) is 3.55. The van der Waals surface area contributed by atoms with Gasteiger partial charge in [-0.25, -0.2) is 14.2 Å². The molecule has 0 aliphatic rings. The average molecular weight is 372 g/mol. The molecule has 0 aliphatic carbocycles. The van der Waals surface area contributed by atoms with Crippen LogP contribution in [0, 0.1) is 12.7 Å². The third-order valence-corrected chi connectivity index (χ3v) is 4.79. The fraction of sp³-hybridized carbons (Fsp3) is 0.0556. The Morgan fingerprint density at radius 2 is 1.85 bits per heavy atom. The number of aromatic carboxylic acids is 1. The molecule has 0 spiro atoms. The number of carbonyl (C=O) groups excluding carboxylic acids is 1. The maximum absolute atomic E-state index is 13.0. The summed E-state index contributed by atoms with van der Waals surface area (Å²) >= 11 is 1.16. The summed E-state index contributed by atoms with van der Waals surface area (Å²) in [4.78, 5) is 28.1. The van der Waals surface area contributed by atoms with Gasteiger partial charge in [-0.1, -0.05) is 0 Å². The Balaban J connectivity index is 1.83. The lowest BCUT2D eigenvalue weighted by Gasteiger charge is -2.06. The first-order chi connectivity index (χ1) is 12.3. The smallest absolute Gasteiger partial charge is 0.339 e. The summed E-state index contributed by atoms with van der Waals surface area (Å²) in [6.45, 7) is 1.68. The molecule has 3 aromatic rings. The first kappa shape index (κ1) is 17.6. The standard InChI is InChI=1S/C18H13FN2O4S/c1-9-15(26-17(20-9)10-2-4-11(19)5-3-10)16(23)21-12-6-7-13(18(24)25)14(22)8-12/h2-8,22H,1H3,(H,21,23)(H,24,25). The van der Waals surface area contributed by atoms with Crippen molar-refractivity contribution in [1.29, 1.82) is 0 Å². The van der Waals surface area contributed by atoms with E-state index in [-0.39, 0.29) is 17.1 Å². The highest BCUT2D eigenvalue weighted by Crippen LogP contribution is 2.29. The first-order valence-electron chi connectivity index (χ1n) is 7.46. The highest BCUT2D eigenvalue weighted by Gasteiger charge is 2.17. The van der Waals surface area contributed by atoms with E-state index in [1.165, 1.54) is 30.3 Å². The number of aromatic nitrogens is 1. The SMILES string of the molecule is Cc1nc(-c2ccc(F)cc2)sc1C(=O)Nc1ccc(C(=O)O)c(O)c1. The Labute approximate surface area is 151 Å². The normalized spacial score (nSPS) is 10.5. The summed E-state index contributed by atoms with van der Waals surface area (Å²) in [7, 11) is 0. The zero-order valence-electron chi connectivity index (χ0n) is 13.5. The molecular formula is C18H13FN2O4S. The molecule has 1 heterocycles. The molecule has 0 radical (unpaired) electrons. The second kappa shape index (κ2) is 6.93. The number of aromatic hydroxyl groups is 1. The largest absolute Gasteiger partial charge is 0.507 e. The Morgan fingerprint density at radius 1 is 1.15 bits per heavy atom. The Hall–Kier alpha value is -3.26. The molecule has 0 fully saturated rings. The third-order valence-electron chi connectivity index (χ3n) is 3.58.